The number of carbonyl (C=O) groups excluding carboxylic acids is 1. The van der Waals surface area contributed by atoms with Crippen molar-refractivity contribution in [1.82, 2.24) is 10.2 Å². The minimum absolute atomic E-state index is 0.0470. The molecule has 0 unspecified atom stereocenters. The molecular formula is C13H10Cl2FN3O. The normalized spacial score (nSPS) is 10.4. The van der Waals surface area contributed by atoms with E-state index in [1.54, 1.807) is 13.0 Å². The van der Waals surface area contributed by atoms with E-state index in [0.717, 1.165) is 0 Å². The van der Waals surface area contributed by atoms with Crippen molar-refractivity contribution in [2.24, 2.45) is 0 Å². The Morgan fingerprint density at radius 2 is 2.05 bits per heavy atom. The molecule has 0 fully saturated rings. The maximum Gasteiger partial charge on any atom is 0.261 e. The molecule has 0 N–H and O–H groups in total. The van der Waals surface area contributed by atoms with E-state index in [9.17, 15) is 9.18 Å². The highest BCUT2D eigenvalue weighted by Gasteiger charge is 2.20. The lowest BCUT2D eigenvalue weighted by molar-refractivity contribution is 0.0988. The zero-order chi connectivity index (χ0) is 14.7. The lowest BCUT2D eigenvalue weighted by atomic mass is 10.2. The van der Waals surface area contributed by atoms with Crippen molar-refractivity contribution in [3.05, 3.63) is 52.0 Å². The zero-order valence-electron chi connectivity index (χ0n) is 10.5. The molecule has 104 valence electrons. The highest BCUT2D eigenvalue weighted by molar-refractivity contribution is 6.34. The van der Waals surface area contributed by atoms with Crippen LogP contribution in [-0.4, -0.2) is 22.6 Å². The Labute approximate surface area is 125 Å². The van der Waals surface area contributed by atoms with Gasteiger partial charge < -0.3 is 4.90 Å². The van der Waals surface area contributed by atoms with Crippen molar-refractivity contribution in [2.45, 2.75) is 6.92 Å². The molecule has 7 heteroatoms. The molecule has 1 heterocycles. The Morgan fingerprint density at radius 1 is 1.30 bits per heavy atom. The minimum Gasteiger partial charge on any atom is -0.308 e. The summed E-state index contributed by atoms with van der Waals surface area (Å²) in [5.41, 5.74) is 0.555. The van der Waals surface area contributed by atoms with Crippen LogP contribution in [0.2, 0.25) is 10.3 Å². The van der Waals surface area contributed by atoms with Gasteiger partial charge in [0, 0.05) is 12.2 Å². The molecular weight excluding hydrogens is 304 g/mol. The summed E-state index contributed by atoms with van der Waals surface area (Å²) in [6.07, 6.45) is 0. The number of halogens is 3. The SMILES string of the molecule is CCN(C(=O)c1cc(Cl)nnc1Cl)c1cccc(F)c1. The van der Waals surface area contributed by atoms with Gasteiger partial charge in [0.2, 0.25) is 0 Å². The number of aromatic nitrogens is 2. The van der Waals surface area contributed by atoms with Gasteiger partial charge in [-0.25, -0.2) is 4.39 Å². The lowest BCUT2D eigenvalue weighted by Crippen LogP contribution is -2.31. The van der Waals surface area contributed by atoms with E-state index in [1.165, 1.54) is 29.2 Å². The van der Waals surface area contributed by atoms with Crippen LogP contribution in [0.25, 0.3) is 0 Å². The first-order valence-corrected chi connectivity index (χ1v) is 6.54. The van der Waals surface area contributed by atoms with Gasteiger partial charge >= 0.3 is 0 Å². The number of rotatable bonds is 3. The van der Waals surface area contributed by atoms with Crippen LogP contribution in [0.1, 0.15) is 17.3 Å². The van der Waals surface area contributed by atoms with Gasteiger partial charge in [-0.15, -0.1) is 10.2 Å². The molecule has 2 aromatic rings. The number of hydrogen-bond acceptors (Lipinski definition) is 3. The Kier molecular flexibility index (Phi) is 4.52. The first-order chi connectivity index (χ1) is 9.52. The first kappa shape index (κ1) is 14.7. The number of nitrogens with zero attached hydrogens (tertiary/aromatic N) is 3. The largest absolute Gasteiger partial charge is 0.308 e. The Bertz CT molecular complexity index is 651. The van der Waals surface area contributed by atoms with Crippen molar-refractivity contribution >= 4 is 34.8 Å². The van der Waals surface area contributed by atoms with Crippen molar-refractivity contribution < 1.29 is 9.18 Å². The molecule has 4 nitrogen and oxygen atoms in total. The van der Waals surface area contributed by atoms with Crippen molar-refractivity contribution in [3.8, 4) is 0 Å². The number of benzene rings is 1. The predicted octanol–water partition coefficient (Wildman–Crippen LogP) is 3.59. The molecule has 0 aliphatic heterocycles. The molecule has 1 amide bonds. The number of anilines is 1. The number of carbonyl (C=O) groups is 1. The number of hydrogen-bond donors (Lipinski definition) is 0. The van der Waals surface area contributed by atoms with E-state index in [4.69, 9.17) is 23.2 Å². The van der Waals surface area contributed by atoms with Crippen LogP contribution in [0, 0.1) is 5.82 Å². The molecule has 1 aromatic carbocycles. The summed E-state index contributed by atoms with van der Waals surface area (Å²) in [5.74, 6) is -0.842. The summed E-state index contributed by atoms with van der Waals surface area (Å²) < 4.78 is 13.3. The fraction of sp³-hybridized carbons (Fsp3) is 0.154. The Balaban J connectivity index is 2.41. The summed E-state index contributed by atoms with van der Waals surface area (Å²) in [6.45, 7) is 2.12. The van der Waals surface area contributed by atoms with E-state index in [0.29, 0.717) is 12.2 Å². The van der Waals surface area contributed by atoms with E-state index < -0.39 is 11.7 Å². The topological polar surface area (TPSA) is 46.1 Å². The molecule has 0 aliphatic carbocycles. The summed E-state index contributed by atoms with van der Waals surface area (Å²) in [5, 5.41) is 7.15. The van der Waals surface area contributed by atoms with E-state index in [2.05, 4.69) is 10.2 Å². The van der Waals surface area contributed by atoms with E-state index >= 15 is 0 Å². The van der Waals surface area contributed by atoms with Crippen molar-refractivity contribution in [3.63, 3.8) is 0 Å². The van der Waals surface area contributed by atoms with Gasteiger partial charge in [-0.3, -0.25) is 4.79 Å². The maximum absolute atomic E-state index is 13.3. The molecule has 0 aliphatic rings. The average Bonchev–Trinajstić information content (AvgIpc) is 2.42. The predicted molar refractivity (Wildman–Crippen MR) is 75.8 cm³/mol. The third-order valence-corrected chi connectivity index (χ3v) is 3.09. The van der Waals surface area contributed by atoms with Crippen LogP contribution < -0.4 is 4.90 Å². The first-order valence-electron chi connectivity index (χ1n) is 5.79. The minimum atomic E-state index is -0.425. The molecule has 1 aromatic heterocycles. The van der Waals surface area contributed by atoms with Gasteiger partial charge in [-0.05, 0) is 31.2 Å². The fourth-order valence-electron chi connectivity index (χ4n) is 1.74. The van der Waals surface area contributed by atoms with Gasteiger partial charge in [0.15, 0.2) is 10.3 Å². The molecule has 0 radical (unpaired) electrons. The average molecular weight is 314 g/mol. The van der Waals surface area contributed by atoms with Gasteiger partial charge in [0.25, 0.3) is 5.91 Å². The summed E-state index contributed by atoms with van der Waals surface area (Å²) in [6, 6.07) is 7.07. The zero-order valence-corrected chi connectivity index (χ0v) is 12.0. The molecule has 2 rings (SSSR count). The monoisotopic (exact) mass is 313 g/mol. The summed E-state index contributed by atoms with van der Waals surface area (Å²) in [4.78, 5) is 13.8. The second kappa shape index (κ2) is 6.15. The molecule has 20 heavy (non-hydrogen) atoms. The number of amides is 1. The van der Waals surface area contributed by atoms with Gasteiger partial charge in [0.1, 0.15) is 5.82 Å². The van der Waals surface area contributed by atoms with E-state index in [1.807, 2.05) is 0 Å². The Hall–Kier alpha value is -1.72. The van der Waals surface area contributed by atoms with Crippen LogP contribution in [0.4, 0.5) is 10.1 Å². The molecule has 0 atom stereocenters. The summed E-state index contributed by atoms with van der Waals surface area (Å²) >= 11 is 11.6. The van der Waals surface area contributed by atoms with Gasteiger partial charge in [0.05, 0.1) is 5.56 Å². The van der Waals surface area contributed by atoms with Crippen LogP contribution >= 0.6 is 23.2 Å². The van der Waals surface area contributed by atoms with Crippen LogP contribution in [0.5, 0.6) is 0 Å². The van der Waals surface area contributed by atoms with Crippen LogP contribution in [0.15, 0.2) is 30.3 Å². The van der Waals surface area contributed by atoms with Crippen molar-refractivity contribution in [1.29, 1.82) is 0 Å². The van der Waals surface area contributed by atoms with Gasteiger partial charge in [-0.1, -0.05) is 29.3 Å². The molecule has 0 bridgehead atoms. The highest BCUT2D eigenvalue weighted by atomic mass is 35.5. The van der Waals surface area contributed by atoms with Crippen LogP contribution in [0.3, 0.4) is 0 Å². The lowest BCUT2D eigenvalue weighted by Gasteiger charge is -2.21. The maximum atomic E-state index is 13.3. The third kappa shape index (κ3) is 3.05. The van der Waals surface area contributed by atoms with E-state index in [-0.39, 0.29) is 15.9 Å². The quantitative estimate of drug-likeness (QED) is 0.870. The van der Waals surface area contributed by atoms with Crippen molar-refractivity contribution in [2.75, 3.05) is 11.4 Å². The Morgan fingerprint density at radius 3 is 2.70 bits per heavy atom. The molecule has 0 spiro atoms. The van der Waals surface area contributed by atoms with Crippen LogP contribution in [-0.2, 0) is 0 Å². The standard InChI is InChI=1S/C13H10Cl2FN3O/c1-2-19(9-5-3-4-8(16)6-9)13(20)10-7-11(14)17-18-12(10)15/h3-7H,2H2,1H3. The highest BCUT2D eigenvalue weighted by Crippen LogP contribution is 2.22. The second-order valence-electron chi connectivity index (χ2n) is 3.90. The molecule has 0 saturated carbocycles. The summed E-state index contributed by atoms with van der Waals surface area (Å²) in [7, 11) is 0. The second-order valence-corrected chi connectivity index (χ2v) is 4.65. The molecule has 0 saturated heterocycles. The fourth-order valence-corrected chi connectivity index (χ4v) is 2.06. The third-order valence-electron chi connectivity index (χ3n) is 2.63. The smallest absolute Gasteiger partial charge is 0.261 e. The van der Waals surface area contributed by atoms with Gasteiger partial charge in [-0.2, -0.15) is 0 Å².